The molecule has 0 fully saturated rings. The van der Waals surface area contributed by atoms with Crippen LogP contribution in [0.25, 0.3) is 11.0 Å². The van der Waals surface area contributed by atoms with Gasteiger partial charge in [-0.1, -0.05) is 17.7 Å². The quantitative estimate of drug-likeness (QED) is 0.246. The van der Waals surface area contributed by atoms with Crippen molar-refractivity contribution >= 4 is 28.4 Å². The zero-order chi connectivity index (χ0) is 23.8. The monoisotopic (exact) mass is 478 g/mol. The summed E-state index contributed by atoms with van der Waals surface area (Å²) in [6, 6.07) is 9.02. The van der Waals surface area contributed by atoms with Crippen LogP contribution in [0.5, 0.6) is 5.75 Å². The number of benzene rings is 3. The van der Waals surface area contributed by atoms with E-state index in [1.54, 1.807) is 0 Å². The minimum atomic E-state index is -4.62. The molecule has 10 heteroatoms. The largest absolute Gasteiger partial charge is 0.486 e. The lowest BCUT2D eigenvalue weighted by Crippen LogP contribution is -2.10. The van der Waals surface area contributed by atoms with E-state index in [1.807, 2.05) is 0 Å². The normalized spacial score (nSPS) is 11.6. The second-order valence-corrected chi connectivity index (χ2v) is 7.33. The van der Waals surface area contributed by atoms with Crippen molar-refractivity contribution in [3.8, 4) is 5.75 Å². The molecule has 0 aliphatic carbocycles. The number of hydrogen-bond acceptors (Lipinski definition) is 4. The lowest BCUT2D eigenvalue weighted by molar-refractivity contribution is -0.137. The van der Waals surface area contributed by atoms with Crippen LogP contribution in [0.4, 0.5) is 22.0 Å². The molecule has 0 amide bonds. The van der Waals surface area contributed by atoms with Crippen molar-refractivity contribution in [2.45, 2.75) is 12.8 Å². The highest BCUT2D eigenvalue weighted by molar-refractivity contribution is 6.31. The van der Waals surface area contributed by atoms with Crippen LogP contribution in [-0.4, -0.2) is 15.8 Å². The molecule has 0 aliphatic rings. The van der Waals surface area contributed by atoms with E-state index in [0.717, 1.165) is 30.3 Å². The van der Waals surface area contributed by atoms with Crippen molar-refractivity contribution in [2.75, 3.05) is 0 Å². The van der Waals surface area contributed by atoms with E-state index in [-0.39, 0.29) is 17.7 Å². The van der Waals surface area contributed by atoms with Crippen molar-refractivity contribution in [1.82, 2.24) is 9.97 Å². The van der Waals surface area contributed by atoms with Crippen LogP contribution in [0.15, 0.2) is 60.9 Å². The van der Waals surface area contributed by atoms with Gasteiger partial charge in [0.2, 0.25) is 0 Å². The van der Waals surface area contributed by atoms with Gasteiger partial charge in [0.1, 0.15) is 12.4 Å². The molecule has 1 aromatic heterocycles. The van der Waals surface area contributed by atoms with Gasteiger partial charge in [-0.2, -0.15) is 13.2 Å². The Labute approximate surface area is 188 Å². The molecule has 0 saturated carbocycles. The van der Waals surface area contributed by atoms with E-state index in [1.165, 1.54) is 30.6 Å². The van der Waals surface area contributed by atoms with Gasteiger partial charge in [-0.25, -0.2) is 8.78 Å². The molecular weight excluding hydrogens is 467 g/mol. The molecule has 33 heavy (non-hydrogen) atoms. The minimum absolute atomic E-state index is 0.00697. The van der Waals surface area contributed by atoms with Crippen molar-refractivity contribution in [3.63, 3.8) is 0 Å². The SMILES string of the molecule is O=C(c1ccc2nccnc2c1)c1c(F)ccc(OCc2ccc(C(F)(F)F)c(Cl)c2)c1F. The molecule has 0 N–H and O–H groups in total. The first kappa shape index (κ1) is 22.6. The Bertz CT molecular complexity index is 1380. The number of fused-ring (bicyclic) bond motifs is 1. The van der Waals surface area contributed by atoms with E-state index in [2.05, 4.69) is 9.97 Å². The number of halogens is 6. The first-order valence-corrected chi connectivity index (χ1v) is 9.75. The number of carbonyl (C=O) groups excluding carboxylic acids is 1. The van der Waals surface area contributed by atoms with Crippen LogP contribution >= 0.6 is 11.6 Å². The summed E-state index contributed by atoms with van der Waals surface area (Å²) in [6.45, 7) is -0.362. The third kappa shape index (κ3) is 4.63. The average molecular weight is 479 g/mol. The molecule has 0 spiro atoms. The number of nitrogens with zero attached hydrogens (tertiary/aromatic N) is 2. The summed E-state index contributed by atoms with van der Waals surface area (Å²) in [5, 5.41) is -0.543. The highest BCUT2D eigenvalue weighted by atomic mass is 35.5. The maximum atomic E-state index is 15.0. The van der Waals surface area contributed by atoms with Gasteiger partial charge < -0.3 is 4.74 Å². The fourth-order valence-corrected chi connectivity index (χ4v) is 3.45. The van der Waals surface area contributed by atoms with E-state index in [9.17, 15) is 26.7 Å². The van der Waals surface area contributed by atoms with Gasteiger partial charge in [-0.05, 0) is 48.0 Å². The van der Waals surface area contributed by atoms with Gasteiger partial charge in [-0.15, -0.1) is 0 Å². The Hall–Kier alpha value is -3.59. The van der Waals surface area contributed by atoms with E-state index in [4.69, 9.17) is 16.3 Å². The highest BCUT2D eigenvalue weighted by Crippen LogP contribution is 2.35. The summed E-state index contributed by atoms with van der Waals surface area (Å²) in [4.78, 5) is 21.0. The molecular formula is C23H12ClF5N2O2. The lowest BCUT2D eigenvalue weighted by Gasteiger charge is -2.13. The van der Waals surface area contributed by atoms with Crippen molar-refractivity contribution in [3.05, 3.63) is 99.8 Å². The molecule has 4 nitrogen and oxygen atoms in total. The number of ketones is 1. The molecule has 0 saturated heterocycles. The van der Waals surface area contributed by atoms with Crippen molar-refractivity contribution in [2.24, 2.45) is 0 Å². The second-order valence-electron chi connectivity index (χ2n) is 6.92. The number of aromatic nitrogens is 2. The average Bonchev–Trinajstić information content (AvgIpc) is 2.77. The van der Waals surface area contributed by atoms with Gasteiger partial charge in [-0.3, -0.25) is 14.8 Å². The standard InChI is InChI=1S/C23H12ClF5N2O2/c24-15-9-12(1-3-14(15)23(27,28)29)11-33-19-6-4-16(25)20(21(19)26)22(32)13-2-5-17-18(10-13)31-8-7-30-17/h1-10H,11H2. The van der Waals surface area contributed by atoms with Gasteiger partial charge in [0.05, 0.1) is 27.2 Å². The van der Waals surface area contributed by atoms with Crippen molar-refractivity contribution in [1.29, 1.82) is 0 Å². The predicted octanol–water partition coefficient (Wildman–Crippen LogP) is 6.39. The summed E-state index contributed by atoms with van der Waals surface area (Å²) in [5.74, 6) is -3.71. The first-order chi connectivity index (χ1) is 15.6. The number of rotatable bonds is 5. The second kappa shape index (κ2) is 8.74. The van der Waals surface area contributed by atoms with Gasteiger partial charge >= 0.3 is 6.18 Å². The summed E-state index contributed by atoms with van der Waals surface area (Å²) < 4.78 is 73.2. The Kier molecular flexibility index (Phi) is 5.99. The summed E-state index contributed by atoms with van der Waals surface area (Å²) in [6.07, 6.45) is -1.74. The van der Waals surface area contributed by atoms with Gasteiger partial charge in [0, 0.05) is 18.0 Å². The number of carbonyl (C=O) groups is 1. The fraction of sp³-hybridized carbons (Fsp3) is 0.0870. The van der Waals surface area contributed by atoms with Crippen LogP contribution in [0.1, 0.15) is 27.0 Å². The maximum Gasteiger partial charge on any atom is 0.417 e. The van der Waals surface area contributed by atoms with Gasteiger partial charge in [0.25, 0.3) is 0 Å². The molecule has 1 heterocycles. The Balaban J connectivity index is 1.60. The van der Waals surface area contributed by atoms with Crippen molar-refractivity contribution < 1.29 is 31.5 Å². The molecule has 3 aromatic carbocycles. The number of hydrogen-bond donors (Lipinski definition) is 0. The third-order valence-electron chi connectivity index (χ3n) is 4.75. The smallest absolute Gasteiger partial charge is 0.417 e. The Morgan fingerprint density at radius 2 is 1.67 bits per heavy atom. The van der Waals surface area contributed by atoms with E-state index >= 15 is 0 Å². The van der Waals surface area contributed by atoms with Gasteiger partial charge in [0.15, 0.2) is 17.3 Å². The minimum Gasteiger partial charge on any atom is -0.486 e. The molecule has 168 valence electrons. The van der Waals surface area contributed by atoms with Crippen LogP contribution < -0.4 is 4.74 Å². The first-order valence-electron chi connectivity index (χ1n) is 9.37. The zero-order valence-corrected chi connectivity index (χ0v) is 17.2. The van der Waals surface area contributed by atoms with Crippen LogP contribution in [0.3, 0.4) is 0 Å². The molecule has 0 unspecified atom stereocenters. The summed E-state index contributed by atoms with van der Waals surface area (Å²) in [5.41, 5.74) is -0.766. The van der Waals surface area contributed by atoms with Crippen LogP contribution in [0.2, 0.25) is 5.02 Å². The summed E-state index contributed by atoms with van der Waals surface area (Å²) >= 11 is 5.67. The molecule has 0 aliphatic heterocycles. The summed E-state index contributed by atoms with van der Waals surface area (Å²) in [7, 11) is 0. The Morgan fingerprint density at radius 1 is 0.939 bits per heavy atom. The highest BCUT2D eigenvalue weighted by Gasteiger charge is 2.33. The molecule has 4 aromatic rings. The third-order valence-corrected chi connectivity index (χ3v) is 5.06. The van der Waals surface area contributed by atoms with E-state index < -0.39 is 45.5 Å². The van der Waals surface area contributed by atoms with Crippen LogP contribution in [0, 0.1) is 11.6 Å². The zero-order valence-electron chi connectivity index (χ0n) is 16.5. The predicted molar refractivity (Wildman–Crippen MR) is 110 cm³/mol. The van der Waals surface area contributed by atoms with Crippen LogP contribution in [-0.2, 0) is 12.8 Å². The van der Waals surface area contributed by atoms with E-state index in [0.29, 0.717) is 11.0 Å². The number of alkyl halides is 3. The topological polar surface area (TPSA) is 52.1 Å². The fourth-order valence-electron chi connectivity index (χ4n) is 3.14. The maximum absolute atomic E-state index is 15.0. The lowest BCUT2D eigenvalue weighted by atomic mass is 10.0. The molecule has 4 rings (SSSR count). The molecule has 0 bridgehead atoms. The molecule has 0 atom stereocenters. The number of ether oxygens (including phenoxy) is 1. The molecule has 0 radical (unpaired) electrons. The Morgan fingerprint density at radius 3 is 2.36 bits per heavy atom.